The van der Waals surface area contributed by atoms with Crippen LogP contribution in [0.25, 0.3) is 0 Å². The SMILES string of the molecule is C=CC[C@@H](C(=O)OCc1ccccc1)C1CC1.C=CC[C@H](C(=O)OCc1ccccc1)C1CC1. The number of hydrogen-bond donors (Lipinski definition) is 0. The Labute approximate surface area is 203 Å². The van der Waals surface area contributed by atoms with E-state index in [0.29, 0.717) is 25.0 Å². The van der Waals surface area contributed by atoms with E-state index in [1.165, 1.54) is 0 Å². The molecule has 2 aromatic rings. The first-order valence-corrected chi connectivity index (χ1v) is 12.2. The Morgan fingerprint density at radius 2 is 1.06 bits per heavy atom. The summed E-state index contributed by atoms with van der Waals surface area (Å²) in [7, 11) is 0. The molecule has 0 spiro atoms. The van der Waals surface area contributed by atoms with Crippen LogP contribution in [0.15, 0.2) is 86.0 Å². The van der Waals surface area contributed by atoms with Crippen molar-refractivity contribution in [3.63, 3.8) is 0 Å². The smallest absolute Gasteiger partial charge is 0.309 e. The Kier molecular flexibility index (Phi) is 10.1. The second kappa shape index (κ2) is 13.5. The van der Waals surface area contributed by atoms with Crippen LogP contribution < -0.4 is 0 Å². The second-order valence-corrected chi connectivity index (χ2v) is 9.12. The van der Waals surface area contributed by atoms with Crippen molar-refractivity contribution in [2.24, 2.45) is 23.7 Å². The number of carbonyl (C=O) groups is 2. The fourth-order valence-corrected chi connectivity index (χ4v) is 3.99. The highest BCUT2D eigenvalue weighted by molar-refractivity contribution is 5.74. The summed E-state index contributed by atoms with van der Waals surface area (Å²) >= 11 is 0. The first-order valence-electron chi connectivity index (χ1n) is 12.2. The summed E-state index contributed by atoms with van der Waals surface area (Å²) in [5, 5.41) is 0. The van der Waals surface area contributed by atoms with E-state index in [-0.39, 0.29) is 23.8 Å². The van der Waals surface area contributed by atoms with Crippen molar-refractivity contribution in [3.05, 3.63) is 97.1 Å². The minimum absolute atomic E-state index is 0.0243. The molecule has 2 saturated carbocycles. The Balaban J connectivity index is 0.000000191. The fraction of sp³-hybridized carbons (Fsp3) is 0.400. The van der Waals surface area contributed by atoms with E-state index in [0.717, 1.165) is 49.7 Å². The summed E-state index contributed by atoms with van der Waals surface area (Å²) in [5.74, 6) is 0.951. The molecule has 0 bridgehead atoms. The Morgan fingerprint density at radius 3 is 1.35 bits per heavy atom. The molecule has 0 aliphatic heterocycles. The van der Waals surface area contributed by atoms with Crippen LogP contribution in [-0.2, 0) is 32.3 Å². The van der Waals surface area contributed by atoms with Gasteiger partial charge in [0.05, 0.1) is 11.8 Å². The zero-order valence-corrected chi connectivity index (χ0v) is 19.9. The Bertz CT molecular complexity index is 836. The van der Waals surface area contributed by atoms with Gasteiger partial charge in [-0.15, -0.1) is 13.2 Å². The molecule has 4 nitrogen and oxygen atoms in total. The van der Waals surface area contributed by atoms with Crippen LogP contribution >= 0.6 is 0 Å². The molecule has 0 unspecified atom stereocenters. The summed E-state index contributed by atoms with van der Waals surface area (Å²) in [4.78, 5) is 23.8. The van der Waals surface area contributed by atoms with Gasteiger partial charge in [-0.3, -0.25) is 9.59 Å². The lowest BCUT2D eigenvalue weighted by atomic mass is 10.0. The molecule has 0 radical (unpaired) electrons. The highest BCUT2D eigenvalue weighted by Crippen LogP contribution is 2.40. The number of carbonyl (C=O) groups excluding carboxylic acids is 2. The van der Waals surface area contributed by atoms with Crippen molar-refractivity contribution < 1.29 is 19.1 Å². The van der Waals surface area contributed by atoms with Crippen LogP contribution in [0.2, 0.25) is 0 Å². The van der Waals surface area contributed by atoms with E-state index in [9.17, 15) is 9.59 Å². The largest absolute Gasteiger partial charge is 0.461 e. The van der Waals surface area contributed by atoms with Gasteiger partial charge in [0.15, 0.2) is 0 Å². The molecule has 0 N–H and O–H groups in total. The van der Waals surface area contributed by atoms with E-state index >= 15 is 0 Å². The molecule has 4 rings (SSSR count). The molecule has 2 fully saturated rings. The predicted molar refractivity (Wildman–Crippen MR) is 135 cm³/mol. The third kappa shape index (κ3) is 8.66. The molecule has 2 aliphatic carbocycles. The number of allylic oxidation sites excluding steroid dienone is 2. The van der Waals surface area contributed by atoms with Crippen LogP contribution in [0.3, 0.4) is 0 Å². The van der Waals surface area contributed by atoms with Crippen LogP contribution in [-0.4, -0.2) is 11.9 Å². The van der Waals surface area contributed by atoms with E-state index in [4.69, 9.17) is 9.47 Å². The van der Waals surface area contributed by atoms with Crippen molar-refractivity contribution in [3.8, 4) is 0 Å². The van der Waals surface area contributed by atoms with Crippen molar-refractivity contribution in [2.45, 2.75) is 51.7 Å². The maximum Gasteiger partial charge on any atom is 0.309 e. The standard InChI is InChI=1S/2C15H18O2/c2*1-2-6-14(13-9-10-13)15(16)17-11-12-7-4-3-5-8-12/h2*2-5,7-8,13-14H,1,6,9-11H2/t2*14-/m10/s1. The van der Waals surface area contributed by atoms with Crippen LogP contribution in [0.5, 0.6) is 0 Å². The van der Waals surface area contributed by atoms with Gasteiger partial charge in [0.2, 0.25) is 0 Å². The van der Waals surface area contributed by atoms with Crippen molar-refractivity contribution >= 4 is 11.9 Å². The van der Waals surface area contributed by atoms with E-state index in [2.05, 4.69) is 13.2 Å². The summed E-state index contributed by atoms with van der Waals surface area (Å²) in [5.41, 5.74) is 2.07. The maximum absolute atomic E-state index is 11.9. The topological polar surface area (TPSA) is 52.6 Å². The highest BCUT2D eigenvalue weighted by Gasteiger charge is 2.37. The molecule has 0 saturated heterocycles. The third-order valence-corrected chi connectivity index (χ3v) is 6.28. The predicted octanol–water partition coefficient (Wildman–Crippen LogP) is 6.66. The lowest BCUT2D eigenvalue weighted by Crippen LogP contribution is -2.19. The number of rotatable bonds is 12. The summed E-state index contributed by atoms with van der Waals surface area (Å²) in [6.07, 6.45) is 9.70. The van der Waals surface area contributed by atoms with Crippen LogP contribution in [0.4, 0.5) is 0 Å². The Morgan fingerprint density at radius 1 is 0.706 bits per heavy atom. The molecule has 2 aromatic carbocycles. The maximum atomic E-state index is 11.9. The molecular formula is C30H36O4. The summed E-state index contributed by atoms with van der Waals surface area (Å²) in [6.45, 7) is 8.16. The van der Waals surface area contributed by atoms with Gasteiger partial charge < -0.3 is 9.47 Å². The van der Waals surface area contributed by atoms with Gasteiger partial charge in [0.25, 0.3) is 0 Å². The van der Waals surface area contributed by atoms with E-state index < -0.39 is 0 Å². The van der Waals surface area contributed by atoms with Gasteiger partial charge >= 0.3 is 11.9 Å². The highest BCUT2D eigenvalue weighted by atomic mass is 16.5. The average Bonchev–Trinajstić information content (AvgIpc) is 3.79. The number of ether oxygens (including phenoxy) is 2. The molecule has 180 valence electrons. The molecule has 34 heavy (non-hydrogen) atoms. The van der Waals surface area contributed by atoms with E-state index in [1.54, 1.807) is 0 Å². The molecule has 0 amide bonds. The summed E-state index contributed by atoms with van der Waals surface area (Å²) < 4.78 is 10.7. The molecule has 2 aliphatic rings. The van der Waals surface area contributed by atoms with Crippen LogP contribution in [0, 0.1) is 23.7 Å². The van der Waals surface area contributed by atoms with Gasteiger partial charge in [0.1, 0.15) is 13.2 Å². The zero-order valence-electron chi connectivity index (χ0n) is 19.9. The second-order valence-electron chi connectivity index (χ2n) is 9.12. The molecule has 2 atom stereocenters. The van der Waals surface area contributed by atoms with Crippen molar-refractivity contribution in [1.82, 2.24) is 0 Å². The third-order valence-electron chi connectivity index (χ3n) is 6.28. The van der Waals surface area contributed by atoms with E-state index in [1.807, 2.05) is 72.8 Å². The van der Waals surface area contributed by atoms with Gasteiger partial charge in [-0.1, -0.05) is 72.8 Å². The first-order chi connectivity index (χ1) is 16.6. The minimum Gasteiger partial charge on any atom is -0.461 e. The lowest BCUT2D eigenvalue weighted by Gasteiger charge is -2.13. The van der Waals surface area contributed by atoms with Gasteiger partial charge in [-0.2, -0.15) is 0 Å². The summed E-state index contributed by atoms with van der Waals surface area (Å²) in [6, 6.07) is 19.6. The average molecular weight is 461 g/mol. The quantitative estimate of drug-likeness (QED) is 0.262. The zero-order chi connectivity index (χ0) is 24.2. The van der Waals surface area contributed by atoms with Crippen molar-refractivity contribution in [2.75, 3.05) is 0 Å². The molecular weight excluding hydrogens is 424 g/mol. The number of esters is 2. The monoisotopic (exact) mass is 460 g/mol. The van der Waals surface area contributed by atoms with Gasteiger partial charge in [-0.05, 0) is 61.5 Å². The molecule has 0 heterocycles. The number of hydrogen-bond acceptors (Lipinski definition) is 4. The fourth-order valence-electron chi connectivity index (χ4n) is 3.99. The first kappa shape index (κ1) is 25.5. The minimum atomic E-state index is -0.0729. The normalized spacial score (nSPS) is 16.2. The van der Waals surface area contributed by atoms with Crippen LogP contribution in [0.1, 0.15) is 49.7 Å². The molecule has 4 heteroatoms. The van der Waals surface area contributed by atoms with Crippen molar-refractivity contribution in [1.29, 1.82) is 0 Å². The molecule has 0 aromatic heterocycles. The number of benzene rings is 2. The van der Waals surface area contributed by atoms with Gasteiger partial charge in [0, 0.05) is 0 Å². The van der Waals surface area contributed by atoms with Gasteiger partial charge in [-0.25, -0.2) is 0 Å². The lowest BCUT2D eigenvalue weighted by molar-refractivity contribution is -0.151. The Hall–Kier alpha value is -3.14.